The molecule has 1 aromatic rings. The van der Waals surface area contributed by atoms with Crippen LogP contribution in [0.3, 0.4) is 0 Å². The smallest absolute Gasteiger partial charge is 0.327 e. The van der Waals surface area contributed by atoms with Gasteiger partial charge >= 0.3 is 5.97 Å². The molecule has 5 saturated heterocycles. The topological polar surface area (TPSA) is 226 Å². The number of benzene rings is 1. The van der Waals surface area contributed by atoms with Gasteiger partial charge in [0, 0.05) is 19.5 Å². The van der Waals surface area contributed by atoms with Gasteiger partial charge in [-0.2, -0.15) is 5.06 Å². The summed E-state index contributed by atoms with van der Waals surface area (Å²) in [5.74, 6) is -1.35. The van der Waals surface area contributed by atoms with E-state index in [4.69, 9.17) is 28.5 Å². The lowest BCUT2D eigenvalue weighted by Gasteiger charge is -2.50. The number of aliphatic hydroxyl groups excluding tert-OH is 5. The van der Waals surface area contributed by atoms with Crippen molar-refractivity contribution in [2.75, 3.05) is 39.7 Å². The number of carbonyl (C=O) groups is 3. The number of nitrogens with one attached hydrogen (secondary N) is 1. The SMILES string of the molecule is O=C(NCCO)C1CCCN1C(=O)C12CC3OC(=O)C1N(Cc1cccc(C=CCOC4OC(CO)C(O)C(O)C4O)c1)OC2C1OCOC31. The minimum absolute atomic E-state index is 0.0241. The molecule has 0 radical (unpaired) electrons. The van der Waals surface area contributed by atoms with Gasteiger partial charge in [0.25, 0.3) is 0 Å². The maximum absolute atomic E-state index is 14.7. The molecule has 0 spiro atoms. The number of rotatable bonds is 11. The molecule has 0 aromatic heterocycles. The third-order valence-electron chi connectivity index (χ3n) is 10.5. The van der Waals surface area contributed by atoms with Crippen LogP contribution in [0.4, 0.5) is 0 Å². The van der Waals surface area contributed by atoms with Gasteiger partial charge in [0.2, 0.25) is 11.8 Å². The van der Waals surface area contributed by atoms with Gasteiger partial charge in [0.1, 0.15) is 67.1 Å². The fourth-order valence-corrected chi connectivity index (χ4v) is 8.17. The average molecular weight is 706 g/mol. The Hall–Kier alpha value is -3.07. The summed E-state index contributed by atoms with van der Waals surface area (Å²) in [4.78, 5) is 49.6. The van der Waals surface area contributed by atoms with Crippen LogP contribution < -0.4 is 5.32 Å². The number of ether oxygens (including phenoxy) is 5. The first-order valence-corrected chi connectivity index (χ1v) is 16.9. The Balaban J connectivity index is 1.08. The second kappa shape index (κ2) is 14.5. The molecule has 1 saturated carbocycles. The lowest BCUT2D eigenvalue weighted by atomic mass is 9.62. The standard InChI is InChI=1S/C33H43N3O14/c37-10-8-34-29(42)19-7-2-9-35(19)32(44)33-13-20-25-26(47-16-46-25)28(33)50-36(27(33)30(43)48-20)14-18-5-1-4-17(12-18)6-3-11-45-31-24(41)23(40)22(39)21(15-38)49-31/h1,3-6,12,19-28,31,37-41H,2,7-11,13-16H2,(H,34,42). The van der Waals surface area contributed by atoms with Gasteiger partial charge < -0.3 is 59.4 Å². The predicted octanol–water partition coefficient (Wildman–Crippen LogP) is -2.84. The van der Waals surface area contributed by atoms with Crippen LogP contribution in [0.2, 0.25) is 0 Å². The molecule has 17 nitrogen and oxygen atoms in total. The third-order valence-corrected chi connectivity index (χ3v) is 10.5. The summed E-state index contributed by atoms with van der Waals surface area (Å²) in [6.45, 7) is -0.356. The monoisotopic (exact) mass is 705 g/mol. The fourth-order valence-electron chi connectivity index (χ4n) is 8.17. The lowest BCUT2D eigenvalue weighted by Crippen LogP contribution is -2.70. The number of hydroxylamine groups is 2. The number of hydrogen-bond acceptors (Lipinski definition) is 15. The quantitative estimate of drug-likeness (QED) is 0.128. The van der Waals surface area contributed by atoms with Gasteiger partial charge in [-0.3, -0.25) is 19.2 Å². The van der Waals surface area contributed by atoms with Gasteiger partial charge in [0.15, 0.2) is 12.3 Å². The van der Waals surface area contributed by atoms with Gasteiger partial charge in [-0.1, -0.05) is 36.4 Å². The Labute approximate surface area is 287 Å². The van der Waals surface area contributed by atoms with E-state index in [-0.39, 0.29) is 51.3 Å². The highest BCUT2D eigenvalue weighted by Crippen LogP contribution is 2.56. The van der Waals surface area contributed by atoms with E-state index >= 15 is 0 Å². The molecule has 7 rings (SSSR count). The molecule has 6 fully saturated rings. The highest BCUT2D eigenvalue weighted by atomic mass is 16.8. The van der Waals surface area contributed by atoms with E-state index in [0.29, 0.717) is 19.4 Å². The molecule has 2 amide bonds. The van der Waals surface area contributed by atoms with Crippen molar-refractivity contribution in [2.24, 2.45) is 5.41 Å². The first-order valence-electron chi connectivity index (χ1n) is 16.9. The summed E-state index contributed by atoms with van der Waals surface area (Å²) in [6.07, 6.45) is -5.15. The summed E-state index contributed by atoms with van der Waals surface area (Å²) in [5.41, 5.74) is 0.115. The van der Waals surface area contributed by atoms with Crippen molar-refractivity contribution >= 4 is 23.9 Å². The first kappa shape index (κ1) is 35.3. The third kappa shape index (κ3) is 6.13. The van der Waals surface area contributed by atoms with E-state index in [9.17, 15) is 39.9 Å². The molecular formula is C33H43N3O14. The van der Waals surface area contributed by atoms with E-state index in [1.54, 1.807) is 12.2 Å². The summed E-state index contributed by atoms with van der Waals surface area (Å²) in [5, 5.41) is 52.9. The summed E-state index contributed by atoms with van der Waals surface area (Å²) < 4.78 is 28.5. The van der Waals surface area contributed by atoms with Crippen LogP contribution in [0.5, 0.6) is 0 Å². The van der Waals surface area contributed by atoms with Crippen molar-refractivity contribution < 1.29 is 68.4 Å². The molecule has 6 aliphatic rings. The Morgan fingerprint density at radius 3 is 2.72 bits per heavy atom. The number of amides is 2. The zero-order valence-electron chi connectivity index (χ0n) is 27.2. The van der Waals surface area contributed by atoms with Crippen LogP contribution in [-0.4, -0.2) is 160 Å². The van der Waals surface area contributed by atoms with Crippen molar-refractivity contribution in [1.29, 1.82) is 0 Å². The second-order valence-corrected chi connectivity index (χ2v) is 13.5. The molecule has 6 N–H and O–H groups in total. The zero-order valence-corrected chi connectivity index (χ0v) is 27.2. The molecule has 50 heavy (non-hydrogen) atoms. The molecule has 17 heteroatoms. The minimum Gasteiger partial charge on any atom is -0.458 e. The number of fused-ring (bicyclic) bond motifs is 4. The van der Waals surface area contributed by atoms with Crippen molar-refractivity contribution in [3.05, 3.63) is 41.5 Å². The molecule has 5 aliphatic heterocycles. The maximum atomic E-state index is 14.7. The van der Waals surface area contributed by atoms with Crippen LogP contribution >= 0.6 is 0 Å². The maximum Gasteiger partial charge on any atom is 0.327 e. The highest BCUT2D eigenvalue weighted by Gasteiger charge is 2.75. The van der Waals surface area contributed by atoms with E-state index in [1.165, 1.54) is 9.96 Å². The van der Waals surface area contributed by atoms with Crippen LogP contribution in [0.1, 0.15) is 30.4 Å². The number of carbonyl (C=O) groups excluding carboxylic acids is 3. The van der Waals surface area contributed by atoms with Crippen molar-refractivity contribution in [3.8, 4) is 0 Å². The van der Waals surface area contributed by atoms with Crippen LogP contribution in [0.25, 0.3) is 6.08 Å². The lowest BCUT2D eigenvalue weighted by molar-refractivity contribution is -0.298. The number of aliphatic hydroxyl groups is 5. The molecule has 12 unspecified atom stereocenters. The highest BCUT2D eigenvalue weighted by molar-refractivity contribution is 5.96. The molecule has 1 aliphatic carbocycles. The number of likely N-dealkylation sites (tertiary alicyclic amines) is 1. The molecule has 12 atom stereocenters. The Bertz CT molecular complexity index is 1460. The van der Waals surface area contributed by atoms with Crippen molar-refractivity contribution in [1.82, 2.24) is 15.3 Å². The molecule has 1 aromatic carbocycles. The van der Waals surface area contributed by atoms with Crippen LogP contribution in [0.15, 0.2) is 30.3 Å². The van der Waals surface area contributed by atoms with Gasteiger partial charge in [-0.25, -0.2) is 0 Å². The zero-order chi connectivity index (χ0) is 35.2. The number of esters is 1. The predicted molar refractivity (Wildman–Crippen MR) is 166 cm³/mol. The Morgan fingerprint density at radius 1 is 1.10 bits per heavy atom. The normalized spacial score (nSPS) is 39.5. The van der Waals surface area contributed by atoms with Crippen molar-refractivity contribution in [2.45, 2.75) is 93.0 Å². The molecule has 5 heterocycles. The molecular weight excluding hydrogens is 662 g/mol. The fraction of sp³-hybridized carbons (Fsp3) is 0.667. The van der Waals surface area contributed by atoms with Crippen LogP contribution in [0, 0.1) is 5.41 Å². The summed E-state index contributed by atoms with van der Waals surface area (Å²) in [6, 6.07) is 5.50. The number of nitrogens with zero attached hydrogens (tertiary/aromatic N) is 2. The second-order valence-electron chi connectivity index (χ2n) is 13.5. The van der Waals surface area contributed by atoms with Crippen molar-refractivity contribution in [3.63, 3.8) is 0 Å². The number of hydrogen-bond donors (Lipinski definition) is 6. The Morgan fingerprint density at radius 2 is 1.92 bits per heavy atom. The van der Waals surface area contributed by atoms with Gasteiger partial charge in [0.05, 0.1) is 26.4 Å². The average Bonchev–Trinajstić information content (AvgIpc) is 3.88. The summed E-state index contributed by atoms with van der Waals surface area (Å²) >= 11 is 0. The van der Waals surface area contributed by atoms with E-state index < -0.39 is 85.2 Å². The van der Waals surface area contributed by atoms with E-state index in [2.05, 4.69) is 5.32 Å². The van der Waals surface area contributed by atoms with Gasteiger partial charge in [-0.05, 0) is 24.0 Å². The summed E-state index contributed by atoms with van der Waals surface area (Å²) in [7, 11) is 0. The van der Waals surface area contributed by atoms with Crippen LogP contribution in [-0.2, 0) is 49.5 Å². The minimum atomic E-state index is -1.54. The van der Waals surface area contributed by atoms with Gasteiger partial charge in [-0.15, -0.1) is 0 Å². The molecule has 274 valence electrons. The largest absolute Gasteiger partial charge is 0.458 e. The molecule has 2 bridgehead atoms. The van der Waals surface area contributed by atoms with E-state index in [1.807, 2.05) is 24.3 Å². The first-order chi connectivity index (χ1) is 24.2. The van der Waals surface area contributed by atoms with E-state index in [0.717, 1.165) is 11.1 Å². The Kier molecular flexibility index (Phi) is 10.3.